The molecule has 0 spiro atoms. The van der Waals surface area contributed by atoms with Crippen molar-refractivity contribution in [2.24, 2.45) is 0 Å². The zero-order chi connectivity index (χ0) is 45.6. The van der Waals surface area contributed by atoms with Crippen LogP contribution in [0.2, 0.25) is 0 Å². The van der Waals surface area contributed by atoms with Crippen LogP contribution in [0.5, 0.6) is 0 Å². The molecule has 0 radical (unpaired) electrons. The Morgan fingerprint density at radius 1 is 0.516 bits per heavy atom. The molecule has 4 aromatic heterocycles. The van der Waals surface area contributed by atoms with Crippen molar-refractivity contribution in [1.82, 2.24) is 38.9 Å². The lowest BCUT2D eigenvalue weighted by atomic mass is 9.49. The largest absolute Gasteiger partial charge is 0.496 e. The van der Waals surface area contributed by atoms with Crippen LogP contribution in [0, 0.1) is 0 Å². The van der Waals surface area contributed by atoms with Crippen molar-refractivity contribution in [3.8, 4) is 0 Å². The summed E-state index contributed by atoms with van der Waals surface area (Å²) in [6.07, 6.45) is 14.1. The molecule has 2 aliphatic carbocycles. The molecule has 64 heavy (non-hydrogen) atoms. The normalized spacial score (nSPS) is 26.0. The van der Waals surface area contributed by atoms with Gasteiger partial charge in [-0.25, -0.2) is 19.9 Å². The monoisotopic (exact) mass is 942 g/mol. The number of aromatic nitrogens is 6. The second kappa shape index (κ2) is 17.0. The molecule has 0 unspecified atom stereocenters. The summed E-state index contributed by atoms with van der Waals surface area (Å²) in [6.45, 7) is 31.0. The van der Waals surface area contributed by atoms with Crippen molar-refractivity contribution in [2.75, 3.05) is 26.2 Å². The summed E-state index contributed by atoms with van der Waals surface area (Å²) in [7, 11) is -1.34. The number of fused-ring (bicyclic) bond motifs is 6. The van der Waals surface area contributed by atoms with E-state index in [0.717, 1.165) is 102 Å². The zero-order valence-corrected chi connectivity index (χ0v) is 42.1. The van der Waals surface area contributed by atoms with Crippen LogP contribution >= 0.6 is 15.9 Å². The molecule has 0 atom stereocenters. The third-order valence-corrected chi connectivity index (χ3v) is 16.7. The van der Waals surface area contributed by atoms with Gasteiger partial charge in [0, 0.05) is 86.5 Å². The van der Waals surface area contributed by atoms with Gasteiger partial charge in [0.25, 0.3) is 0 Å². The molecule has 0 N–H and O–H groups in total. The third kappa shape index (κ3) is 8.79. The number of hydrogen-bond donors (Lipinski definition) is 0. The smallest absolute Gasteiger partial charge is 0.405 e. The maximum absolute atomic E-state index is 6.18. The molecule has 3 saturated heterocycles. The number of nitrogens with zero attached hydrogens (tertiary/aromatic N) is 8. The standard InChI is InChI=1S/C20H29BN4O2.C14H17BrN4.C12H24B2O4/c1-19(2)20(3,4)27-21(26-19)14-12-16-18(22-13-14)25-11-10-24(15-6-5-7-15)9-8-17(25)23-16;15-10-8-12-14(16-9-10)19-7-6-18(11-2-1-3-11)5-4-13(19)17-12;1-9(2)10(3,4)16-13(15-9)14-17-11(5,6)12(7,8)18-14/h12-13,15H,5-11H2,1-4H3;8-9,11H,1-7H2;1-8H3. The van der Waals surface area contributed by atoms with Crippen LogP contribution in [0.1, 0.15) is 133 Å². The summed E-state index contributed by atoms with van der Waals surface area (Å²) >= 11 is 3.47. The Labute approximate surface area is 390 Å². The van der Waals surface area contributed by atoms with Gasteiger partial charge < -0.3 is 37.1 Å². The van der Waals surface area contributed by atoms with Gasteiger partial charge in [-0.2, -0.15) is 0 Å². The van der Waals surface area contributed by atoms with E-state index >= 15 is 0 Å². The molecule has 4 aromatic rings. The van der Waals surface area contributed by atoms with Gasteiger partial charge in [0.2, 0.25) is 0 Å². The summed E-state index contributed by atoms with van der Waals surface area (Å²) < 4.78 is 41.8. The lowest BCUT2D eigenvalue weighted by Gasteiger charge is -2.36. The highest BCUT2D eigenvalue weighted by molar-refractivity contribution is 9.10. The molecule has 2 saturated carbocycles. The summed E-state index contributed by atoms with van der Waals surface area (Å²) in [5.41, 5.74) is 2.81. The molecular weight excluding hydrogens is 873 g/mol. The first kappa shape index (κ1) is 46.7. The van der Waals surface area contributed by atoms with E-state index in [4.69, 9.17) is 42.9 Å². The number of hydrogen-bond acceptors (Lipinski definition) is 12. The van der Waals surface area contributed by atoms with Gasteiger partial charge in [0.1, 0.15) is 22.7 Å². The maximum atomic E-state index is 6.18. The first-order chi connectivity index (χ1) is 30.0. The van der Waals surface area contributed by atoms with Gasteiger partial charge >= 0.3 is 21.1 Å². The fourth-order valence-corrected chi connectivity index (χ4v) is 9.79. The highest BCUT2D eigenvalue weighted by atomic mass is 79.9. The van der Waals surface area contributed by atoms with Crippen molar-refractivity contribution < 1.29 is 27.9 Å². The summed E-state index contributed by atoms with van der Waals surface area (Å²) in [4.78, 5) is 24.3. The van der Waals surface area contributed by atoms with Gasteiger partial charge in [0.05, 0.1) is 33.6 Å². The lowest BCUT2D eigenvalue weighted by Crippen LogP contribution is -2.41. The third-order valence-electron chi connectivity index (χ3n) is 16.3. The Bertz CT molecular complexity index is 2260. The van der Waals surface area contributed by atoms with Crippen LogP contribution in [-0.2, 0) is 53.9 Å². The zero-order valence-electron chi connectivity index (χ0n) is 40.5. The second-order valence-electron chi connectivity index (χ2n) is 22.0. The van der Waals surface area contributed by atoms with E-state index in [1.807, 2.05) is 67.8 Å². The van der Waals surface area contributed by atoms with E-state index in [1.165, 1.54) is 44.3 Å². The van der Waals surface area contributed by atoms with E-state index in [0.29, 0.717) is 0 Å². The van der Waals surface area contributed by atoms with Gasteiger partial charge in [0.15, 0.2) is 11.3 Å². The van der Waals surface area contributed by atoms with Crippen LogP contribution in [0.3, 0.4) is 0 Å². The van der Waals surface area contributed by atoms with Crippen molar-refractivity contribution in [3.63, 3.8) is 0 Å². The molecule has 9 heterocycles. The van der Waals surface area contributed by atoms with Crippen LogP contribution in [0.4, 0.5) is 0 Å². The number of imidazole rings is 2. The first-order valence-electron chi connectivity index (χ1n) is 23.9. The van der Waals surface area contributed by atoms with Gasteiger partial charge in [-0.1, -0.05) is 12.8 Å². The Hall–Kier alpha value is -2.41. The summed E-state index contributed by atoms with van der Waals surface area (Å²) in [5, 5.41) is 0. The highest BCUT2D eigenvalue weighted by Crippen LogP contribution is 2.43. The molecule has 18 heteroatoms. The molecule has 14 nitrogen and oxygen atoms in total. The lowest BCUT2D eigenvalue weighted by molar-refractivity contribution is 0.00578. The fourth-order valence-electron chi connectivity index (χ4n) is 9.47. The van der Waals surface area contributed by atoms with E-state index in [1.54, 1.807) is 0 Å². The van der Waals surface area contributed by atoms with E-state index in [-0.39, 0.29) is 40.7 Å². The quantitative estimate of drug-likeness (QED) is 0.196. The molecule has 0 aromatic carbocycles. The summed E-state index contributed by atoms with van der Waals surface area (Å²) in [5.74, 6) is 2.35. The molecule has 0 amide bonds. The molecular formula is C46H70B3BrN8O6. The van der Waals surface area contributed by atoms with E-state index in [9.17, 15) is 0 Å². The molecule has 5 aliphatic heterocycles. The molecule has 0 bridgehead atoms. The van der Waals surface area contributed by atoms with Crippen LogP contribution in [-0.4, -0.2) is 132 Å². The molecule has 346 valence electrons. The fraction of sp³-hybridized carbons (Fsp3) is 0.739. The summed E-state index contributed by atoms with van der Waals surface area (Å²) in [6, 6.07) is 5.78. The van der Waals surface area contributed by atoms with Gasteiger partial charge in [-0.05, 0) is 137 Å². The Morgan fingerprint density at radius 2 is 0.906 bits per heavy atom. The first-order valence-corrected chi connectivity index (χ1v) is 24.7. The average molecular weight is 943 g/mol. The second-order valence-corrected chi connectivity index (χ2v) is 23.0. The van der Waals surface area contributed by atoms with Crippen LogP contribution in [0.25, 0.3) is 22.3 Å². The minimum absolute atomic E-state index is 0.344. The van der Waals surface area contributed by atoms with E-state index < -0.39 is 14.0 Å². The van der Waals surface area contributed by atoms with Gasteiger partial charge in [-0.3, -0.25) is 9.80 Å². The predicted molar refractivity (Wildman–Crippen MR) is 256 cm³/mol. The molecule has 11 rings (SSSR count). The SMILES string of the molecule is Brc1cnc2c(c1)nc1n2CCN(C2CCC2)CC1.CC1(C)OB(B2OC(C)(C)C(C)(C)O2)OC1(C)C.CC1(C)OB(c2cnc3c(c2)nc2n3CCN(C3CCC3)CC2)OC1(C)C. The van der Waals surface area contributed by atoms with Crippen LogP contribution < -0.4 is 5.46 Å². The Morgan fingerprint density at radius 3 is 1.31 bits per heavy atom. The van der Waals surface area contributed by atoms with Crippen molar-refractivity contribution in [3.05, 3.63) is 40.6 Å². The average Bonchev–Trinajstić information content (AvgIpc) is 3.79. The highest BCUT2D eigenvalue weighted by Gasteiger charge is 2.63. The molecule has 7 aliphatic rings. The minimum Gasteiger partial charge on any atom is -0.405 e. The van der Waals surface area contributed by atoms with Crippen LogP contribution in [0.15, 0.2) is 29.0 Å². The Kier molecular flexibility index (Phi) is 12.4. The van der Waals surface area contributed by atoms with Crippen molar-refractivity contribution in [1.29, 1.82) is 0 Å². The predicted octanol–water partition coefficient (Wildman–Crippen LogP) is 6.99. The maximum Gasteiger partial charge on any atom is 0.496 e. The van der Waals surface area contributed by atoms with Crippen molar-refractivity contribution in [2.45, 2.75) is 193 Å². The number of pyridine rings is 2. The molecule has 5 fully saturated rings. The number of halogens is 1. The Balaban J connectivity index is 0.000000125. The van der Waals surface area contributed by atoms with Crippen molar-refractivity contribution >= 4 is 64.9 Å². The minimum atomic E-state index is -0.476. The topological polar surface area (TPSA) is 123 Å². The van der Waals surface area contributed by atoms with E-state index in [2.05, 4.69) is 79.7 Å². The number of rotatable bonds is 4. The van der Waals surface area contributed by atoms with Gasteiger partial charge in [-0.15, -0.1) is 0 Å².